The van der Waals surface area contributed by atoms with E-state index in [0.717, 1.165) is 12.8 Å². The van der Waals surface area contributed by atoms with E-state index in [9.17, 15) is 13.2 Å². The molecule has 6 heteroatoms. The molecule has 0 amide bonds. The number of esters is 1. The first kappa shape index (κ1) is 14.0. The van der Waals surface area contributed by atoms with E-state index in [1.807, 2.05) is 0 Å². The molecule has 1 saturated carbocycles. The summed E-state index contributed by atoms with van der Waals surface area (Å²) < 4.78 is 31.3. The van der Waals surface area contributed by atoms with E-state index in [2.05, 4.69) is 4.72 Å². The second-order valence-corrected chi connectivity index (χ2v) is 6.31. The first-order valence-corrected chi connectivity index (χ1v) is 7.78. The number of ether oxygens (including phenoxy) is 1. The summed E-state index contributed by atoms with van der Waals surface area (Å²) in [5.41, 5.74) is 0.350. The Morgan fingerprint density at radius 2 is 1.95 bits per heavy atom. The van der Waals surface area contributed by atoms with Gasteiger partial charge in [-0.2, -0.15) is 0 Å². The quantitative estimate of drug-likeness (QED) is 0.804. The summed E-state index contributed by atoms with van der Waals surface area (Å²) >= 11 is 0. The van der Waals surface area contributed by atoms with Crippen LogP contribution in [-0.2, 0) is 14.8 Å². The molecular formula is C13H17NO4S. The normalized spacial score (nSPS) is 15.2. The van der Waals surface area contributed by atoms with Crippen molar-refractivity contribution in [2.45, 2.75) is 24.7 Å². The molecule has 0 heterocycles. The summed E-state index contributed by atoms with van der Waals surface area (Å²) in [5.74, 6) is 0.0333. The van der Waals surface area contributed by atoms with Gasteiger partial charge >= 0.3 is 5.97 Å². The van der Waals surface area contributed by atoms with Gasteiger partial charge in [0.05, 0.1) is 17.1 Å². The fourth-order valence-electron chi connectivity index (χ4n) is 1.62. The molecule has 2 rings (SSSR count). The fraction of sp³-hybridized carbons (Fsp3) is 0.462. The van der Waals surface area contributed by atoms with Gasteiger partial charge in [0, 0.05) is 6.54 Å². The highest BCUT2D eigenvalue weighted by Crippen LogP contribution is 2.28. The van der Waals surface area contributed by atoms with E-state index in [1.165, 1.54) is 24.3 Å². The summed E-state index contributed by atoms with van der Waals surface area (Å²) in [5, 5.41) is 0. The molecule has 0 bridgehead atoms. The van der Waals surface area contributed by atoms with E-state index in [1.54, 1.807) is 6.92 Å². The van der Waals surface area contributed by atoms with E-state index in [4.69, 9.17) is 4.74 Å². The smallest absolute Gasteiger partial charge is 0.338 e. The van der Waals surface area contributed by atoms with Crippen LogP contribution >= 0.6 is 0 Å². The van der Waals surface area contributed by atoms with E-state index < -0.39 is 16.0 Å². The number of rotatable bonds is 6. The van der Waals surface area contributed by atoms with Crippen LogP contribution in [-0.4, -0.2) is 27.5 Å². The lowest BCUT2D eigenvalue weighted by atomic mass is 10.2. The highest BCUT2D eigenvalue weighted by atomic mass is 32.2. The minimum atomic E-state index is -3.47. The van der Waals surface area contributed by atoms with Crippen molar-refractivity contribution in [3.05, 3.63) is 29.8 Å². The molecule has 1 aliphatic carbocycles. The fourth-order valence-corrected chi connectivity index (χ4v) is 2.73. The van der Waals surface area contributed by atoms with Gasteiger partial charge in [0.2, 0.25) is 10.0 Å². The van der Waals surface area contributed by atoms with Crippen LogP contribution in [0.25, 0.3) is 0 Å². The number of carbonyl (C=O) groups excluding carboxylic acids is 1. The summed E-state index contributed by atoms with van der Waals surface area (Å²) in [6.07, 6.45) is 2.18. The van der Waals surface area contributed by atoms with Crippen molar-refractivity contribution < 1.29 is 17.9 Å². The molecule has 1 aromatic carbocycles. The molecule has 1 aromatic rings. The van der Waals surface area contributed by atoms with Crippen LogP contribution < -0.4 is 4.72 Å². The SMILES string of the molecule is CCOC(=O)c1ccc(S(=O)(=O)NCC2CC2)cc1. The van der Waals surface area contributed by atoms with Crippen molar-refractivity contribution in [2.24, 2.45) is 5.92 Å². The summed E-state index contributed by atoms with van der Waals surface area (Å²) in [7, 11) is -3.47. The molecule has 0 unspecified atom stereocenters. The Morgan fingerprint density at radius 1 is 1.32 bits per heavy atom. The zero-order chi connectivity index (χ0) is 13.9. The highest BCUT2D eigenvalue weighted by Gasteiger charge is 2.24. The number of carbonyl (C=O) groups is 1. The van der Waals surface area contributed by atoms with Gasteiger partial charge in [-0.15, -0.1) is 0 Å². The van der Waals surface area contributed by atoms with Crippen molar-refractivity contribution in [1.82, 2.24) is 4.72 Å². The standard InChI is InChI=1S/C13H17NO4S/c1-2-18-13(15)11-5-7-12(8-6-11)19(16,17)14-9-10-3-4-10/h5-8,10,14H,2-4,9H2,1H3. The van der Waals surface area contributed by atoms with Crippen LogP contribution in [0.2, 0.25) is 0 Å². The highest BCUT2D eigenvalue weighted by molar-refractivity contribution is 7.89. The third-order valence-electron chi connectivity index (χ3n) is 2.93. The Hall–Kier alpha value is -1.40. The van der Waals surface area contributed by atoms with Crippen LogP contribution in [0, 0.1) is 5.92 Å². The number of nitrogens with one attached hydrogen (secondary N) is 1. The second kappa shape index (κ2) is 5.71. The van der Waals surface area contributed by atoms with Crippen LogP contribution in [0.1, 0.15) is 30.1 Å². The molecule has 1 aliphatic rings. The largest absolute Gasteiger partial charge is 0.462 e. The third-order valence-corrected chi connectivity index (χ3v) is 4.37. The van der Waals surface area contributed by atoms with Crippen molar-refractivity contribution >= 4 is 16.0 Å². The molecular weight excluding hydrogens is 266 g/mol. The zero-order valence-electron chi connectivity index (χ0n) is 10.8. The average molecular weight is 283 g/mol. The zero-order valence-corrected chi connectivity index (χ0v) is 11.6. The van der Waals surface area contributed by atoms with Gasteiger partial charge in [0.15, 0.2) is 0 Å². The molecule has 0 atom stereocenters. The predicted octanol–water partition coefficient (Wildman–Crippen LogP) is 1.55. The number of hydrogen-bond acceptors (Lipinski definition) is 4. The lowest BCUT2D eigenvalue weighted by Crippen LogP contribution is -2.25. The molecule has 1 fully saturated rings. The summed E-state index contributed by atoms with van der Waals surface area (Å²) in [6, 6.07) is 5.76. The minimum absolute atomic E-state index is 0.168. The number of benzene rings is 1. The summed E-state index contributed by atoms with van der Waals surface area (Å²) in [4.78, 5) is 11.6. The first-order valence-electron chi connectivity index (χ1n) is 6.30. The van der Waals surface area contributed by atoms with Gasteiger partial charge in [0.1, 0.15) is 0 Å². The van der Waals surface area contributed by atoms with Crippen LogP contribution in [0.4, 0.5) is 0 Å². The molecule has 0 saturated heterocycles. The first-order chi connectivity index (χ1) is 9.03. The molecule has 0 spiro atoms. The molecule has 5 nitrogen and oxygen atoms in total. The van der Waals surface area contributed by atoms with Gasteiger partial charge in [-0.25, -0.2) is 17.9 Å². The average Bonchev–Trinajstić information content (AvgIpc) is 3.21. The van der Waals surface area contributed by atoms with Crippen molar-refractivity contribution in [3.63, 3.8) is 0 Å². The molecule has 19 heavy (non-hydrogen) atoms. The third kappa shape index (κ3) is 3.78. The Bertz CT molecular complexity index is 547. The lowest BCUT2D eigenvalue weighted by Gasteiger charge is -2.07. The predicted molar refractivity (Wildman–Crippen MR) is 70.3 cm³/mol. The molecule has 0 aromatic heterocycles. The molecule has 104 valence electrons. The van der Waals surface area contributed by atoms with Crippen LogP contribution in [0.15, 0.2) is 29.2 Å². The van der Waals surface area contributed by atoms with Crippen molar-refractivity contribution in [2.75, 3.05) is 13.2 Å². The molecule has 0 aliphatic heterocycles. The van der Waals surface area contributed by atoms with Crippen molar-refractivity contribution in [3.8, 4) is 0 Å². The van der Waals surface area contributed by atoms with Crippen molar-refractivity contribution in [1.29, 1.82) is 0 Å². The van der Waals surface area contributed by atoms with Gasteiger partial charge in [0.25, 0.3) is 0 Å². The van der Waals surface area contributed by atoms with Gasteiger partial charge < -0.3 is 4.74 Å². The maximum atomic E-state index is 11.9. The maximum absolute atomic E-state index is 11.9. The topological polar surface area (TPSA) is 72.5 Å². The second-order valence-electron chi connectivity index (χ2n) is 4.54. The monoisotopic (exact) mass is 283 g/mol. The van der Waals surface area contributed by atoms with Gasteiger partial charge in [-0.1, -0.05) is 0 Å². The van der Waals surface area contributed by atoms with Crippen LogP contribution in [0.3, 0.4) is 0 Å². The Labute approximate surface area is 113 Å². The van der Waals surface area contributed by atoms with E-state index >= 15 is 0 Å². The molecule has 1 N–H and O–H groups in total. The van der Waals surface area contributed by atoms with Crippen LogP contribution in [0.5, 0.6) is 0 Å². The lowest BCUT2D eigenvalue weighted by molar-refractivity contribution is 0.0526. The molecule has 0 radical (unpaired) electrons. The minimum Gasteiger partial charge on any atom is -0.462 e. The van der Waals surface area contributed by atoms with Gasteiger partial charge in [-0.05, 0) is 49.9 Å². The van der Waals surface area contributed by atoms with Gasteiger partial charge in [-0.3, -0.25) is 0 Å². The number of hydrogen-bond donors (Lipinski definition) is 1. The van der Waals surface area contributed by atoms with E-state index in [0.29, 0.717) is 24.6 Å². The number of sulfonamides is 1. The maximum Gasteiger partial charge on any atom is 0.338 e. The Kier molecular flexibility index (Phi) is 4.21. The Morgan fingerprint density at radius 3 is 2.47 bits per heavy atom. The Balaban J connectivity index is 2.05. The van der Waals surface area contributed by atoms with E-state index in [-0.39, 0.29) is 4.90 Å². The summed E-state index contributed by atoms with van der Waals surface area (Å²) in [6.45, 7) is 2.50.